The van der Waals surface area contributed by atoms with Gasteiger partial charge in [-0.25, -0.2) is 4.79 Å². The number of nitrogens with one attached hydrogen (secondary N) is 3. The van der Waals surface area contributed by atoms with Crippen LogP contribution in [-0.2, 0) is 20.9 Å². The fourth-order valence-corrected chi connectivity index (χ4v) is 2.60. The Hall–Kier alpha value is -3.26. The van der Waals surface area contributed by atoms with Crippen molar-refractivity contribution in [3.05, 3.63) is 58.6 Å². The first-order valence-electron chi connectivity index (χ1n) is 9.20. The number of urea groups is 1. The molecule has 0 saturated heterocycles. The number of hydrogen-bond donors (Lipinski definition) is 3. The minimum absolute atomic E-state index is 0.322. The van der Waals surface area contributed by atoms with Gasteiger partial charge in [-0.05, 0) is 31.0 Å². The summed E-state index contributed by atoms with van der Waals surface area (Å²) < 4.78 is 10.3. The molecular weight excluding hydrogens is 410 g/mol. The molecule has 0 radical (unpaired) electrons. The molecule has 0 fully saturated rings. The van der Waals surface area contributed by atoms with Crippen LogP contribution in [0.25, 0.3) is 0 Å². The number of anilines is 1. The van der Waals surface area contributed by atoms with E-state index in [1.165, 1.54) is 14.0 Å². The summed E-state index contributed by atoms with van der Waals surface area (Å²) in [7, 11) is 1.45. The number of aryl methyl sites for hydroxylation is 1. The summed E-state index contributed by atoms with van der Waals surface area (Å²) in [4.78, 5) is 36.0. The predicted molar refractivity (Wildman–Crippen MR) is 114 cm³/mol. The molecule has 2 rings (SSSR count). The van der Waals surface area contributed by atoms with E-state index < -0.39 is 24.0 Å². The van der Waals surface area contributed by atoms with Crippen molar-refractivity contribution >= 4 is 35.2 Å². The molecule has 0 heterocycles. The Morgan fingerprint density at radius 2 is 1.80 bits per heavy atom. The molecule has 1 atom stereocenters. The number of carbonyl (C=O) groups is 3. The zero-order valence-corrected chi connectivity index (χ0v) is 17.7. The van der Waals surface area contributed by atoms with Crippen molar-refractivity contribution in [1.82, 2.24) is 10.6 Å². The molecule has 0 aromatic heterocycles. The van der Waals surface area contributed by atoms with Gasteiger partial charge in [0.25, 0.3) is 5.91 Å². The third-order valence-corrected chi connectivity index (χ3v) is 4.51. The van der Waals surface area contributed by atoms with Gasteiger partial charge in [-0.2, -0.15) is 0 Å². The van der Waals surface area contributed by atoms with Crippen molar-refractivity contribution in [3.8, 4) is 5.75 Å². The fourth-order valence-electron chi connectivity index (χ4n) is 2.45. The molecule has 8 nitrogen and oxygen atoms in total. The second-order valence-corrected chi connectivity index (χ2v) is 6.85. The number of amides is 3. The van der Waals surface area contributed by atoms with E-state index in [9.17, 15) is 14.4 Å². The van der Waals surface area contributed by atoms with Gasteiger partial charge in [-0.15, -0.1) is 0 Å². The van der Waals surface area contributed by atoms with Crippen molar-refractivity contribution in [1.29, 1.82) is 0 Å². The van der Waals surface area contributed by atoms with Crippen LogP contribution in [0.5, 0.6) is 5.75 Å². The topological polar surface area (TPSA) is 106 Å². The Kier molecular flexibility index (Phi) is 8.49. The lowest BCUT2D eigenvalue weighted by atomic mass is 10.2. The third kappa shape index (κ3) is 6.97. The Bertz CT molecular complexity index is 905. The highest BCUT2D eigenvalue weighted by Crippen LogP contribution is 2.31. The summed E-state index contributed by atoms with van der Waals surface area (Å²) in [5.74, 6) is -0.905. The molecule has 3 amide bonds. The molecule has 30 heavy (non-hydrogen) atoms. The normalized spacial score (nSPS) is 11.2. The molecule has 2 aromatic carbocycles. The van der Waals surface area contributed by atoms with E-state index in [0.29, 0.717) is 23.0 Å². The van der Waals surface area contributed by atoms with Crippen LogP contribution >= 0.6 is 11.6 Å². The Morgan fingerprint density at radius 1 is 1.10 bits per heavy atom. The minimum atomic E-state index is -1.08. The van der Waals surface area contributed by atoms with Gasteiger partial charge >= 0.3 is 12.0 Å². The Morgan fingerprint density at radius 3 is 2.47 bits per heavy atom. The van der Waals surface area contributed by atoms with E-state index >= 15 is 0 Å². The second kappa shape index (κ2) is 11.1. The number of carbonyl (C=O) groups excluding carboxylic acids is 3. The SMILES string of the molecule is COc1cc(Cl)c(C)cc1NC(=O)C(C)OC(=O)CNC(=O)NCc1ccccc1. The Labute approximate surface area is 179 Å². The first kappa shape index (κ1) is 23.0. The maximum Gasteiger partial charge on any atom is 0.326 e. The zero-order chi connectivity index (χ0) is 22.1. The largest absolute Gasteiger partial charge is 0.495 e. The lowest BCUT2D eigenvalue weighted by Gasteiger charge is -2.16. The highest BCUT2D eigenvalue weighted by Gasteiger charge is 2.20. The van der Waals surface area contributed by atoms with Gasteiger partial charge in [0, 0.05) is 17.6 Å². The number of ether oxygens (including phenoxy) is 2. The highest BCUT2D eigenvalue weighted by molar-refractivity contribution is 6.31. The van der Waals surface area contributed by atoms with Gasteiger partial charge in [-0.1, -0.05) is 41.9 Å². The average molecular weight is 434 g/mol. The highest BCUT2D eigenvalue weighted by atomic mass is 35.5. The van der Waals surface area contributed by atoms with Gasteiger partial charge in [0.15, 0.2) is 6.10 Å². The van der Waals surface area contributed by atoms with Crippen molar-refractivity contribution in [2.45, 2.75) is 26.5 Å². The van der Waals surface area contributed by atoms with E-state index in [1.807, 2.05) is 30.3 Å². The molecule has 0 aliphatic heterocycles. The number of rotatable bonds is 8. The van der Waals surface area contributed by atoms with Crippen LogP contribution < -0.4 is 20.7 Å². The molecule has 0 aliphatic carbocycles. The number of methoxy groups -OCH3 is 1. The van der Waals surface area contributed by atoms with Gasteiger partial charge in [0.05, 0.1) is 12.8 Å². The van der Waals surface area contributed by atoms with E-state index in [2.05, 4.69) is 16.0 Å². The van der Waals surface area contributed by atoms with Gasteiger partial charge in [-0.3, -0.25) is 9.59 Å². The zero-order valence-electron chi connectivity index (χ0n) is 17.0. The molecule has 1 unspecified atom stereocenters. The average Bonchev–Trinajstić information content (AvgIpc) is 2.73. The van der Waals surface area contributed by atoms with Crippen LogP contribution in [0.4, 0.5) is 10.5 Å². The Balaban J connectivity index is 1.79. The summed E-state index contributed by atoms with van der Waals surface area (Å²) in [6, 6.07) is 12.1. The van der Waals surface area contributed by atoms with Crippen LogP contribution in [0, 0.1) is 6.92 Å². The van der Waals surface area contributed by atoms with Crippen molar-refractivity contribution in [2.75, 3.05) is 19.0 Å². The number of benzene rings is 2. The minimum Gasteiger partial charge on any atom is -0.495 e. The van der Waals surface area contributed by atoms with Crippen molar-refractivity contribution in [2.24, 2.45) is 0 Å². The predicted octanol–water partition coefficient (Wildman–Crippen LogP) is 3.03. The number of hydrogen-bond acceptors (Lipinski definition) is 5. The molecule has 3 N–H and O–H groups in total. The molecule has 9 heteroatoms. The lowest BCUT2D eigenvalue weighted by Crippen LogP contribution is -2.40. The van der Waals surface area contributed by atoms with Crippen LogP contribution in [0.2, 0.25) is 5.02 Å². The fraction of sp³-hybridized carbons (Fsp3) is 0.286. The maximum absolute atomic E-state index is 12.3. The van der Waals surface area contributed by atoms with Crippen LogP contribution in [0.15, 0.2) is 42.5 Å². The quantitative estimate of drug-likeness (QED) is 0.555. The first-order valence-corrected chi connectivity index (χ1v) is 9.58. The smallest absolute Gasteiger partial charge is 0.326 e. The van der Waals surface area contributed by atoms with Crippen molar-refractivity contribution in [3.63, 3.8) is 0 Å². The first-order chi connectivity index (χ1) is 14.3. The lowest BCUT2D eigenvalue weighted by molar-refractivity contribution is -0.152. The van der Waals surface area contributed by atoms with E-state index in [-0.39, 0.29) is 6.54 Å². The summed E-state index contributed by atoms with van der Waals surface area (Å²) in [6.07, 6.45) is -1.08. The third-order valence-electron chi connectivity index (χ3n) is 4.11. The summed E-state index contributed by atoms with van der Waals surface area (Å²) in [6.45, 7) is 3.16. The molecule has 0 bridgehead atoms. The van der Waals surface area contributed by atoms with E-state index in [0.717, 1.165) is 11.1 Å². The molecular formula is C21H24ClN3O5. The second-order valence-electron chi connectivity index (χ2n) is 6.44. The summed E-state index contributed by atoms with van der Waals surface area (Å²) in [5.41, 5.74) is 2.09. The van der Waals surface area contributed by atoms with Crippen LogP contribution in [-0.4, -0.2) is 37.7 Å². The molecule has 0 saturated carbocycles. The van der Waals surface area contributed by atoms with Crippen LogP contribution in [0.3, 0.4) is 0 Å². The van der Waals surface area contributed by atoms with E-state index in [1.54, 1.807) is 19.1 Å². The maximum atomic E-state index is 12.3. The number of esters is 1. The van der Waals surface area contributed by atoms with Crippen LogP contribution in [0.1, 0.15) is 18.1 Å². The van der Waals surface area contributed by atoms with Gasteiger partial charge in [0.2, 0.25) is 0 Å². The summed E-state index contributed by atoms with van der Waals surface area (Å²) in [5, 5.41) is 8.15. The van der Waals surface area contributed by atoms with Crippen molar-refractivity contribution < 1.29 is 23.9 Å². The molecule has 0 spiro atoms. The van der Waals surface area contributed by atoms with Gasteiger partial charge in [0.1, 0.15) is 12.3 Å². The summed E-state index contributed by atoms with van der Waals surface area (Å²) >= 11 is 6.05. The molecule has 0 aliphatic rings. The number of halogens is 1. The van der Waals surface area contributed by atoms with Gasteiger partial charge < -0.3 is 25.4 Å². The standard InChI is InChI=1S/C21H24ClN3O5/c1-13-9-17(18(29-3)10-16(13)22)25-20(27)14(2)30-19(26)12-24-21(28)23-11-15-7-5-4-6-8-15/h4-10,14H,11-12H2,1-3H3,(H,25,27)(H2,23,24,28). The van der Waals surface area contributed by atoms with E-state index in [4.69, 9.17) is 21.1 Å². The molecule has 160 valence electrons. The molecule has 2 aromatic rings. The monoisotopic (exact) mass is 433 g/mol.